The van der Waals surface area contributed by atoms with Crippen LogP contribution in [-0.2, 0) is 24.1 Å². The molecule has 0 radical (unpaired) electrons. The SMILES string of the molecule is O=C(Cn1nc(C(F)(F)F)cc1C1CC1)Nc1cccc(Cn2cc(Br)cn2)c1. The number of hydrogen-bond acceptors (Lipinski definition) is 3. The van der Waals surface area contributed by atoms with E-state index < -0.39 is 17.8 Å². The van der Waals surface area contributed by atoms with Gasteiger partial charge >= 0.3 is 6.18 Å². The fraction of sp³-hybridized carbons (Fsp3) is 0.316. The largest absolute Gasteiger partial charge is 0.435 e. The second kappa shape index (κ2) is 7.66. The number of hydrogen-bond donors (Lipinski definition) is 1. The van der Waals surface area contributed by atoms with Gasteiger partial charge in [-0.05, 0) is 52.5 Å². The van der Waals surface area contributed by atoms with Gasteiger partial charge < -0.3 is 5.32 Å². The van der Waals surface area contributed by atoms with Crippen LogP contribution in [-0.4, -0.2) is 25.5 Å². The molecule has 0 spiro atoms. The summed E-state index contributed by atoms with van der Waals surface area (Å²) in [5.74, 6) is -0.383. The van der Waals surface area contributed by atoms with Gasteiger partial charge in [0.25, 0.3) is 0 Å². The minimum absolute atomic E-state index is 0.0446. The van der Waals surface area contributed by atoms with Gasteiger partial charge in [0.15, 0.2) is 5.69 Å². The number of halogens is 4. The van der Waals surface area contributed by atoms with Crippen molar-refractivity contribution < 1.29 is 18.0 Å². The molecule has 10 heteroatoms. The van der Waals surface area contributed by atoms with Crippen LogP contribution >= 0.6 is 15.9 Å². The van der Waals surface area contributed by atoms with Gasteiger partial charge in [-0.1, -0.05) is 12.1 Å². The fourth-order valence-electron chi connectivity index (χ4n) is 3.10. The van der Waals surface area contributed by atoms with Gasteiger partial charge in [0, 0.05) is 23.5 Å². The normalized spacial score (nSPS) is 14.2. The maximum atomic E-state index is 13.0. The first-order chi connectivity index (χ1) is 13.8. The molecule has 0 atom stereocenters. The first-order valence-electron chi connectivity index (χ1n) is 8.99. The van der Waals surface area contributed by atoms with Crippen molar-refractivity contribution in [2.24, 2.45) is 0 Å². The monoisotopic (exact) mass is 467 g/mol. The summed E-state index contributed by atoms with van der Waals surface area (Å²) in [6.45, 7) is 0.257. The van der Waals surface area contributed by atoms with Crippen molar-refractivity contribution in [1.82, 2.24) is 19.6 Å². The predicted molar refractivity (Wildman–Crippen MR) is 103 cm³/mol. The van der Waals surface area contributed by atoms with E-state index in [0.717, 1.165) is 28.9 Å². The number of aromatic nitrogens is 4. The van der Waals surface area contributed by atoms with Crippen molar-refractivity contribution in [3.63, 3.8) is 0 Å². The van der Waals surface area contributed by atoms with Crippen LogP contribution in [0.1, 0.15) is 35.7 Å². The zero-order valence-corrected chi connectivity index (χ0v) is 16.7. The van der Waals surface area contributed by atoms with Gasteiger partial charge in [-0.15, -0.1) is 0 Å². The lowest BCUT2D eigenvalue weighted by atomic mass is 10.2. The molecular formula is C19H17BrF3N5O. The van der Waals surface area contributed by atoms with Gasteiger partial charge in [0.05, 0.1) is 17.2 Å². The Hall–Kier alpha value is -2.62. The van der Waals surface area contributed by atoms with E-state index >= 15 is 0 Å². The van der Waals surface area contributed by atoms with Crippen LogP contribution in [0.3, 0.4) is 0 Å². The maximum Gasteiger partial charge on any atom is 0.435 e. The number of benzene rings is 1. The third kappa shape index (κ3) is 4.87. The number of carbonyl (C=O) groups excluding carboxylic acids is 1. The molecule has 1 aliphatic carbocycles. The Morgan fingerprint density at radius 3 is 2.72 bits per heavy atom. The Balaban J connectivity index is 1.45. The summed E-state index contributed by atoms with van der Waals surface area (Å²) >= 11 is 3.34. The highest BCUT2D eigenvalue weighted by molar-refractivity contribution is 9.10. The smallest absolute Gasteiger partial charge is 0.324 e. The second-order valence-corrected chi connectivity index (χ2v) is 7.90. The van der Waals surface area contributed by atoms with Crippen molar-refractivity contribution in [3.8, 4) is 0 Å². The first kappa shape index (κ1) is 19.7. The first-order valence-corrected chi connectivity index (χ1v) is 9.79. The summed E-state index contributed by atoms with van der Waals surface area (Å²) in [5, 5.41) is 10.5. The van der Waals surface area contributed by atoms with Gasteiger partial charge in [-0.25, -0.2) is 0 Å². The van der Waals surface area contributed by atoms with Crippen LogP contribution in [0.4, 0.5) is 18.9 Å². The minimum atomic E-state index is -4.53. The molecule has 0 aliphatic heterocycles. The number of anilines is 1. The lowest BCUT2D eigenvalue weighted by Gasteiger charge is -2.10. The molecule has 29 heavy (non-hydrogen) atoms. The molecule has 1 amide bonds. The van der Waals surface area contributed by atoms with E-state index in [9.17, 15) is 18.0 Å². The second-order valence-electron chi connectivity index (χ2n) is 6.99. The quantitative estimate of drug-likeness (QED) is 0.583. The molecule has 2 aromatic heterocycles. The molecule has 4 rings (SSSR count). The molecule has 1 fully saturated rings. The van der Waals surface area contributed by atoms with Gasteiger partial charge in [0.2, 0.25) is 5.91 Å². The average Bonchev–Trinajstić information content (AvgIpc) is 3.26. The number of amides is 1. The summed E-state index contributed by atoms with van der Waals surface area (Å²) in [6, 6.07) is 8.29. The Kier molecular flexibility index (Phi) is 5.20. The molecule has 1 N–H and O–H groups in total. The molecule has 2 heterocycles. The standard InChI is InChI=1S/C19H17BrF3N5O/c20-14-8-24-27(10-14)9-12-2-1-3-15(6-12)25-18(29)11-28-16(13-4-5-13)7-17(26-28)19(21,22)23/h1-3,6-8,10,13H,4-5,9,11H2,(H,25,29). The Morgan fingerprint density at radius 2 is 2.07 bits per heavy atom. The summed E-state index contributed by atoms with van der Waals surface area (Å²) < 4.78 is 42.7. The van der Waals surface area contributed by atoms with Crippen LogP contribution in [0.25, 0.3) is 0 Å². The van der Waals surface area contributed by atoms with Gasteiger partial charge in [-0.3, -0.25) is 14.2 Å². The molecule has 0 unspecified atom stereocenters. The van der Waals surface area contributed by atoms with E-state index in [4.69, 9.17) is 0 Å². The van der Waals surface area contributed by atoms with Crippen molar-refractivity contribution in [1.29, 1.82) is 0 Å². The summed E-state index contributed by atoms with van der Waals surface area (Å²) in [7, 11) is 0. The molecular weight excluding hydrogens is 451 g/mol. The molecule has 1 aliphatic rings. The number of nitrogens with zero attached hydrogens (tertiary/aromatic N) is 4. The van der Waals surface area contributed by atoms with E-state index in [-0.39, 0.29) is 12.5 Å². The van der Waals surface area contributed by atoms with E-state index in [1.807, 2.05) is 12.3 Å². The van der Waals surface area contributed by atoms with Crippen molar-refractivity contribution in [2.45, 2.75) is 38.0 Å². The van der Waals surface area contributed by atoms with Crippen molar-refractivity contribution in [3.05, 3.63) is 64.1 Å². The Labute approximate surface area is 172 Å². The summed E-state index contributed by atoms with van der Waals surface area (Å²) in [6.07, 6.45) is 0.622. The van der Waals surface area contributed by atoms with Gasteiger partial charge in [0.1, 0.15) is 6.54 Å². The highest BCUT2D eigenvalue weighted by Gasteiger charge is 2.38. The highest BCUT2D eigenvalue weighted by atomic mass is 79.9. The third-order valence-corrected chi connectivity index (χ3v) is 4.96. The van der Waals surface area contributed by atoms with Crippen LogP contribution in [0.5, 0.6) is 0 Å². The minimum Gasteiger partial charge on any atom is -0.324 e. The predicted octanol–water partition coefficient (Wildman–Crippen LogP) is 4.43. The van der Waals surface area contributed by atoms with E-state index in [1.165, 1.54) is 4.68 Å². The molecule has 152 valence electrons. The molecule has 3 aromatic rings. The van der Waals surface area contributed by atoms with Crippen molar-refractivity contribution >= 4 is 27.5 Å². The van der Waals surface area contributed by atoms with E-state index in [1.54, 1.807) is 29.1 Å². The van der Waals surface area contributed by atoms with Crippen LogP contribution in [0, 0.1) is 0 Å². The Bertz CT molecular complexity index is 1040. The zero-order valence-electron chi connectivity index (χ0n) is 15.2. The highest BCUT2D eigenvalue weighted by Crippen LogP contribution is 2.42. The third-order valence-electron chi connectivity index (χ3n) is 4.55. The molecule has 0 saturated heterocycles. The molecule has 1 saturated carbocycles. The summed E-state index contributed by atoms with van der Waals surface area (Å²) in [4.78, 5) is 12.4. The molecule has 1 aromatic carbocycles. The fourth-order valence-corrected chi connectivity index (χ4v) is 3.43. The number of rotatable bonds is 6. The molecule has 6 nitrogen and oxygen atoms in total. The van der Waals surface area contributed by atoms with E-state index in [0.29, 0.717) is 17.9 Å². The average molecular weight is 468 g/mol. The summed E-state index contributed by atoms with van der Waals surface area (Å²) in [5.41, 5.74) is 0.996. The van der Waals surface area contributed by atoms with E-state index in [2.05, 4.69) is 31.4 Å². The number of alkyl halides is 3. The lowest BCUT2D eigenvalue weighted by molar-refractivity contribution is -0.141. The van der Waals surface area contributed by atoms with Gasteiger partial charge in [-0.2, -0.15) is 23.4 Å². The molecule has 0 bridgehead atoms. The topological polar surface area (TPSA) is 64.7 Å². The van der Waals surface area contributed by atoms with Crippen LogP contribution in [0.15, 0.2) is 47.2 Å². The number of nitrogens with one attached hydrogen (secondary N) is 1. The Morgan fingerprint density at radius 1 is 1.28 bits per heavy atom. The van der Waals surface area contributed by atoms with Crippen molar-refractivity contribution in [2.75, 3.05) is 5.32 Å². The zero-order chi connectivity index (χ0) is 20.6. The maximum absolute atomic E-state index is 13.0. The van der Waals surface area contributed by atoms with Crippen LogP contribution < -0.4 is 5.32 Å². The number of carbonyl (C=O) groups is 1. The lowest BCUT2D eigenvalue weighted by Crippen LogP contribution is -2.21. The van der Waals surface area contributed by atoms with Crippen LogP contribution in [0.2, 0.25) is 0 Å².